The molecule has 0 aliphatic heterocycles. The molecule has 0 bridgehead atoms. The predicted molar refractivity (Wildman–Crippen MR) is 102 cm³/mol. The third kappa shape index (κ3) is 6.01. The smallest absolute Gasteiger partial charge is 0.306 e. The van der Waals surface area contributed by atoms with Gasteiger partial charge in [0.05, 0.1) is 11.3 Å². The number of rotatable bonds is 9. The van der Waals surface area contributed by atoms with E-state index in [-0.39, 0.29) is 30.0 Å². The van der Waals surface area contributed by atoms with Crippen LogP contribution in [0.25, 0.3) is 0 Å². The van der Waals surface area contributed by atoms with Gasteiger partial charge in [-0.05, 0) is 18.1 Å². The number of amides is 1. The van der Waals surface area contributed by atoms with Gasteiger partial charge in [-0.15, -0.1) is 0 Å². The van der Waals surface area contributed by atoms with Crippen molar-refractivity contribution in [3.8, 4) is 0 Å². The maximum absolute atomic E-state index is 12.0. The van der Waals surface area contributed by atoms with Crippen molar-refractivity contribution in [1.82, 2.24) is 0 Å². The fourth-order valence-corrected chi connectivity index (χ4v) is 2.47. The highest BCUT2D eigenvalue weighted by molar-refractivity contribution is 5.98. The molecule has 8 nitrogen and oxygen atoms in total. The molecule has 2 aromatic carbocycles. The van der Waals surface area contributed by atoms with Gasteiger partial charge in [0.15, 0.2) is 6.61 Å². The number of Topliss-reactive ketones (excluding diaryl/α,β-unsaturated/α-hetero) is 1. The second kappa shape index (κ2) is 9.96. The SMILES string of the molecule is CCc1ccccc1NC(=O)CCC(=O)OCC(=O)c1cccc([N+](=O)[O-])c1. The normalized spacial score (nSPS) is 10.2. The minimum absolute atomic E-state index is 0.0796. The molecule has 0 aliphatic rings. The van der Waals surface area contributed by atoms with Crippen LogP contribution in [0.4, 0.5) is 11.4 Å². The number of ketones is 1. The highest BCUT2D eigenvalue weighted by atomic mass is 16.6. The molecule has 0 spiro atoms. The van der Waals surface area contributed by atoms with Crippen molar-refractivity contribution in [3.05, 3.63) is 69.8 Å². The highest BCUT2D eigenvalue weighted by Crippen LogP contribution is 2.16. The van der Waals surface area contributed by atoms with E-state index in [0.29, 0.717) is 5.69 Å². The molecule has 8 heteroatoms. The Morgan fingerprint density at radius 2 is 1.82 bits per heavy atom. The van der Waals surface area contributed by atoms with E-state index in [1.807, 2.05) is 25.1 Å². The summed E-state index contributed by atoms with van der Waals surface area (Å²) in [7, 11) is 0. The van der Waals surface area contributed by atoms with Crippen LogP contribution in [-0.2, 0) is 20.7 Å². The lowest BCUT2D eigenvalue weighted by atomic mass is 10.1. The lowest BCUT2D eigenvalue weighted by Gasteiger charge is -2.09. The van der Waals surface area contributed by atoms with E-state index in [1.165, 1.54) is 18.2 Å². The number of esters is 1. The number of benzene rings is 2. The average molecular weight is 384 g/mol. The molecular weight excluding hydrogens is 364 g/mol. The fourth-order valence-electron chi connectivity index (χ4n) is 2.47. The summed E-state index contributed by atoms with van der Waals surface area (Å²) in [5.41, 5.74) is 1.54. The number of anilines is 1. The van der Waals surface area contributed by atoms with Crippen molar-refractivity contribution >= 4 is 29.0 Å². The van der Waals surface area contributed by atoms with Crippen LogP contribution in [0.1, 0.15) is 35.7 Å². The maximum Gasteiger partial charge on any atom is 0.306 e. The van der Waals surface area contributed by atoms with E-state index < -0.39 is 23.3 Å². The van der Waals surface area contributed by atoms with Crippen LogP contribution in [0.2, 0.25) is 0 Å². The third-order valence-corrected chi connectivity index (χ3v) is 3.97. The molecule has 146 valence electrons. The van der Waals surface area contributed by atoms with E-state index in [1.54, 1.807) is 6.07 Å². The number of nitro groups is 1. The number of nitro benzene ring substituents is 1. The van der Waals surface area contributed by atoms with E-state index in [4.69, 9.17) is 4.74 Å². The predicted octanol–water partition coefficient (Wildman–Crippen LogP) is 3.30. The number of hydrogen-bond acceptors (Lipinski definition) is 6. The lowest BCUT2D eigenvalue weighted by Crippen LogP contribution is -2.18. The number of carbonyl (C=O) groups is 3. The van der Waals surface area contributed by atoms with Crippen LogP contribution in [0, 0.1) is 10.1 Å². The molecule has 0 heterocycles. The number of nitrogens with zero attached hydrogens (tertiary/aromatic N) is 1. The molecule has 0 unspecified atom stereocenters. The standard InChI is InChI=1S/C20H20N2O6/c1-2-14-6-3-4-9-17(14)21-19(24)10-11-20(25)28-13-18(23)15-7-5-8-16(12-15)22(26)27/h3-9,12H,2,10-11,13H2,1H3,(H,21,24). The van der Waals surface area contributed by atoms with E-state index >= 15 is 0 Å². The van der Waals surface area contributed by atoms with Crippen LogP contribution in [0.5, 0.6) is 0 Å². The molecule has 2 rings (SSSR count). The summed E-state index contributed by atoms with van der Waals surface area (Å²) in [6.07, 6.45) is 0.502. The summed E-state index contributed by atoms with van der Waals surface area (Å²) in [5, 5.41) is 13.5. The summed E-state index contributed by atoms with van der Waals surface area (Å²) in [6, 6.07) is 12.5. The van der Waals surface area contributed by atoms with Gasteiger partial charge in [-0.1, -0.05) is 37.3 Å². The number of nitrogens with one attached hydrogen (secondary N) is 1. The number of aryl methyl sites for hydroxylation is 1. The minimum Gasteiger partial charge on any atom is -0.457 e. The summed E-state index contributed by atoms with van der Waals surface area (Å²) >= 11 is 0. The fraction of sp³-hybridized carbons (Fsp3) is 0.250. The van der Waals surface area contributed by atoms with Crippen LogP contribution < -0.4 is 5.32 Å². The molecule has 0 saturated heterocycles. The number of para-hydroxylation sites is 1. The molecule has 1 N–H and O–H groups in total. The highest BCUT2D eigenvalue weighted by Gasteiger charge is 2.15. The summed E-state index contributed by atoms with van der Waals surface area (Å²) < 4.78 is 4.87. The molecule has 28 heavy (non-hydrogen) atoms. The van der Waals surface area contributed by atoms with E-state index in [0.717, 1.165) is 18.1 Å². The van der Waals surface area contributed by atoms with Crippen molar-refractivity contribution in [2.45, 2.75) is 26.2 Å². The quantitative estimate of drug-likeness (QED) is 0.307. The van der Waals surface area contributed by atoms with Gasteiger partial charge in [-0.25, -0.2) is 0 Å². The molecule has 0 fully saturated rings. The van der Waals surface area contributed by atoms with Crippen molar-refractivity contribution in [1.29, 1.82) is 0 Å². The lowest BCUT2D eigenvalue weighted by molar-refractivity contribution is -0.384. The van der Waals surface area contributed by atoms with Gasteiger partial charge in [0, 0.05) is 29.8 Å². The van der Waals surface area contributed by atoms with Gasteiger partial charge in [-0.2, -0.15) is 0 Å². The molecule has 0 aromatic heterocycles. The second-order valence-electron chi connectivity index (χ2n) is 5.95. The Balaban J connectivity index is 1.79. The monoisotopic (exact) mass is 384 g/mol. The first kappa shape index (κ1) is 20.8. The minimum atomic E-state index is -0.697. The van der Waals surface area contributed by atoms with Crippen molar-refractivity contribution in [3.63, 3.8) is 0 Å². The molecular formula is C20H20N2O6. The number of non-ortho nitro benzene ring substituents is 1. The first-order chi connectivity index (χ1) is 13.4. The number of hydrogen-bond donors (Lipinski definition) is 1. The first-order valence-electron chi connectivity index (χ1n) is 8.71. The number of carbonyl (C=O) groups excluding carboxylic acids is 3. The Labute approximate surface area is 161 Å². The van der Waals surface area contributed by atoms with E-state index in [9.17, 15) is 24.5 Å². The Bertz CT molecular complexity index is 894. The molecule has 0 aliphatic carbocycles. The molecule has 2 aromatic rings. The molecule has 0 atom stereocenters. The van der Waals surface area contributed by atoms with Crippen LogP contribution in [-0.4, -0.2) is 29.2 Å². The van der Waals surface area contributed by atoms with E-state index in [2.05, 4.69) is 5.32 Å². The third-order valence-electron chi connectivity index (χ3n) is 3.97. The van der Waals surface area contributed by atoms with Crippen molar-refractivity contribution in [2.24, 2.45) is 0 Å². The topological polar surface area (TPSA) is 116 Å². The molecule has 1 amide bonds. The number of ether oxygens (including phenoxy) is 1. The largest absolute Gasteiger partial charge is 0.457 e. The summed E-state index contributed by atoms with van der Waals surface area (Å²) in [6.45, 7) is 1.43. The molecule has 0 saturated carbocycles. The Kier molecular flexibility index (Phi) is 7.38. The Morgan fingerprint density at radius 1 is 1.07 bits per heavy atom. The van der Waals surface area contributed by atoms with Gasteiger partial charge < -0.3 is 10.1 Å². The summed E-state index contributed by atoms with van der Waals surface area (Å²) in [5.74, 6) is -1.58. The van der Waals surface area contributed by atoms with Crippen LogP contribution >= 0.6 is 0 Å². The zero-order chi connectivity index (χ0) is 20.5. The van der Waals surface area contributed by atoms with Crippen molar-refractivity contribution in [2.75, 3.05) is 11.9 Å². The zero-order valence-electron chi connectivity index (χ0n) is 15.3. The first-order valence-corrected chi connectivity index (χ1v) is 8.71. The van der Waals surface area contributed by atoms with Gasteiger partial charge in [-0.3, -0.25) is 24.5 Å². The van der Waals surface area contributed by atoms with Gasteiger partial charge in [0.25, 0.3) is 5.69 Å². The second-order valence-corrected chi connectivity index (χ2v) is 5.95. The Hall–Kier alpha value is -3.55. The van der Waals surface area contributed by atoms with Gasteiger partial charge in [0.2, 0.25) is 11.7 Å². The van der Waals surface area contributed by atoms with Crippen LogP contribution in [0.15, 0.2) is 48.5 Å². The average Bonchev–Trinajstić information content (AvgIpc) is 2.70. The van der Waals surface area contributed by atoms with Crippen LogP contribution in [0.3, 0.4) is 0 Å². The Morgan fingerprint density at radius 3 is 2.54 bits per heavy atom. The summed E-state index contributed by atoms with van der Waals surface area (Å²) in [4.78, 5) is 45.9. The van der Waals surface area contributed by atoms with Crippen molar-refractivity contribution < 1.29 is 24.0 Å². The molecule has 0 radical (unpaired) electrons. The van der Waals surface area contributed by atoms with Gasteiger partial charge >= 0.3 is 5.97 Å². The zero-order valence-corrected chi connectivity index (χ0v) is 15.3. The van der Waals surface area contributed by atoms with Gasteiger partial charge in [0.1, 0.15) is 0 Å². The maximum atomic E-state index is 12.0.